The number of carbonyl (C=O) groups is 2. The van der Waals surface area contributed by atoms with Gasteiger partial charge in [0, 0.05) is 5.92 Å². The summed E-state index contributed by atoms with van der Waals surface area (Å²) < 4.78 is 0. The molecule has 0 aliphatic heterocycles. The molecule has 0 fully saturated rings. The van der Waals surface area contributed by atoms with Gasteiger partial charge in [-0.05, 0) is 6.92 Å². The fourth-order valence-electron chi connectivity index (χ4n) is 0.400. The Morgan fingerprint density at radius 2 is 1.91 bits per heavy atom. The van der Waals surface area contributed by atoms with E-state index in [1.807, 2.05) is 0 Å². The number of carboxylic acids is 1. The first-order valence-corrected chi connectivity index (χ1v) is 3.31. The zero-order chi connectivity index (χ0) is 9.02. The molecule has 4 nitrogen and oxygen atoms in total. The number of carboxylic acid groups (broad SMARTS) is 1. The molecule has 0 aromatic heterocycles. The summed E-state index contributed by atoms with van der Waals surface area (Å²) in [6.45, 7) is 6.60. The van der Waals surface area contributed by atoms with Crippen LogP contribution in [0.25, 0.3) is 0 Å². The highest BCUT2D eigenvalue weighted by Crippen LogP contribution is 1.92. The van der Waals surface area contributed by atoms with Crippen molar-refractivity contribution in [3.05, 3.63) is 6.92 Å². The Kier molecular flexibility index (Phi) is 3.57. The first-order chi connectivity index (χ1) is 4.95. The minimum absolute atomic E-state index is 0.210. The van der Waals surface area contributed by atoms with E-state index in [1.165, 1.54) is 0 Å². The highest BCUT2D eigenvalue weighted by atomic mass is 16.4. The van der Waals surface area contributed by atoms with Crippen molar-refractivity contribution in [3.63, 3.8) is 0 Å². The zero-order valence-corrected chi connectivity index (χ0v) is 6.63. The van der Waals surface area contributed by atoms with Crippen molar-refractivity contribution >= 4 is 11.9 Å². The van der Waals surface area contributed by atoms with Gasteiger partial charge in [-0.1, -0.05) is 13.8 Å². The molecule has 2 N–H and O–H groups in total. The number of hydrogen-bond donors (Lipinski definition) is 2. The van der Waals surface area contributed by atoms with E-state index in [9.17, 15) is 9.59 Å². The van der Waals surface area contributed by atoms with Crippen LogP contribution in [0, 0.1) is 12.8 Å². The maximum atomic E-state index is 10.8. The van der Waals surface area contributed by atoms with Gasteiger partial charge in [0.05, 0.1) is 0 Å². The van der Waals surface area contributed by atoms with Crippen molar-refractivity contribution in [3.8, 4) is 0 Å². The maximum absolute atomic E-state index is 10.8. The summed E-state index contributed by atoms with van der Waals surface area (Å²) in [6, 6.07) is -1.05. The summed E-state index contributed by atoms with van der Waals surface area (Å²) in [5.74, 6) is -1.63. The quantitative estimate of drug-likeness (QED) is 0.609. The lowest BCUT2D eigenvalue weighted by molar-refractivity contribution is -0.140. The Balaban J connectivity index is 3.85. The van der Waals surface area contributed by atoms with Crippen molar-refractivity contribution in [1.82, 2.24) is 5.32 Å². The number of rotatable bonds is 3. The maximum Gasteiger partial charge on any atom is 0.326 e. The average molecular weight is 158 g/mol. The summed E-state index contributed by atoms with van der Waals surface area (Å²) >= 11 is 0. The van der Waals surface area contributed by atoms with Crippen LogP contribution in [0.4, 0.5) is 0 Å². The molecule has 0 aliphatic rings. The van der Waals surface area contributed by atoms with E-state index in [2.05, 4.69) is 12.2 Å². The third kappa shape index (κ3) is 3.60. The number of carbonyl (C=O) groups excluding carboxylic acids is 1. The molecule has 11 heavy (non-hydrogen) atoms. The molecule has 0 spiro atoms. The van der Waals surface area contributed by atoms with E-state index < -0.39 is 12.0 Å². The highest BCUT2D eigenvalue weighted by Gasteiger charge is 2.15. The van der Waals surface area contributed by atoms with Crippen LogP contribution in [-0.2, 0) is 9.59 Å². The Morgan fingerprint density at radius 1 is 1.45 bits per heavy atom. The average Bonchev–Trinajstić information content (AvgIpc) is 1.87. The monoisotopic (exact) mass is 158 g/mol. The number of hydrogen-bond acceptors (Lipinski definition) is 2. The van der Waals surface area contributed by atoms with Crippen molar-refractivity contribution in [2.45, 2.75) is 19.9 Å². The minimum Gasteiger partial charge on any atom is -0.480 e. The van der Waals surface area contributed by atoms with Gasteiger partial charge in [-0.3, -0.25) is 4.79 Å². The van der Waals surface area contributed by atoms with Gasteiger partial charge < -0.3 is 10.4 Å². The molecule has 0 heterocycles. The van der Waals surface area contributed by atoms with Gasteiger partial charge in [0.2, 0.25) is 5.91 Å². The van der Waals surface area contributed by atoms with E-state index >= 15 is 0 Å². The standard InChI is InChI=1S/C7H12NO3/c1-4(2)6(9)8-5(3)7(10)11/h4-5H,3H2,1-2H3,(H,8,9)(H,10,11). The van der Waals surface area contributed by atoms with Crippen LogP contribution in [-0.4, -0.2) is 23.0 Å². The first kappa shape index (κ1) is 9.94. The van der Waals surface area contributed by atoms with Crippen molar-refractivity contribution in [2.24, 2.45) is 5.92 Å². The Morgan fingerprint density at radius 3 is 2.18 bits per heavy atom. The molecule has 0 saturated carbocycles. The lowest BCUT2D eigenvalue weighted by Crippen LogP contribution is -2.40. The third-order valence-corrected chi connectivity index (χ3v) is 1.14. The van der Waals surface area contributed by atoms with Gasteiger partial charge in [-0.25, -0.2) is 4.79 Å². The van der Waals surface area contributed by atoms with Crippen LogP contribution < -0.4 is 5.32 Å². The van der Waals surface area contributed by atoms with E-state index in [1.54, 1.807) is 13.8 Å². The topological polar surface area (TPSA) is 66.4 Å². The van der Waals surface area contributed by atoms with Crippen molar-refractivity contribution < 1.29 is 14.7 Å². The van der Waals surface area contributed by atoms with Crippen LogP contribution >= 0.6 is 0 Å². The molecular formula is C7H12NO3. The molecule has 1 atom stereocenters. The Hall–Kier alpha value is -1.06. The van der Waals surface area contributed by atoms with E-state index in [-0.39, 0.29) is 11.8 Å². The predicted molar refractivity (Wildman–Crippen MR) is 39.8 cm³/mol. The minimum atomic E-state index is -1.13. The fourth-order valence-corrected chi connectivity index (χ4v) is 0.400. The second-order valence-electron chi connectivity index (χ2n) is 2.55. The van der Waals surface area contributed by atoms with E-state index in [4.69, 9.17) is 5.11 Å². The zero-order valence-electron chi connectivity index (χ0n) is 6.63. The molecule has 1 radical (unpaired) electrons. The number of aliphatic carboxylic acids is 1. The normalized spacial score (nSPS) is 12.7. The van der Waals surface area contributed by atoms with Gasteiger partial charge in [0.25, 0.3) is 0 Å². The molecule has 0 aromatic carbocycles. The van der Waals surface area contributed by atoms with Crippen molar-refractivity contribution in [2.75, 3.05) is 0 Å². The molecule has 0 bridgehead atoms. The molecular weight excluding hydrogens is 146 g/mol. The van der Waals surface area contributed by atoms with Gasteiger partial charge in [-0.2, -0.15) is 0 Å². The van der Waals surface area contributed by atoms with Crippen LogP contribution in [0.15, 0.2) is 0 Å². The molecule has 0 saturated heterocycles. The molecule has 1 unspecified atom stereocenters. The van der Waals surface area contributed by atoms with Gasteiger partial charge in [0.1, 0.15) is 6.04 Å². The summed E-state index contributed by atoms with van der Waals surface area (Å²) in [7, 11) is 0. The van der Waals surface area contributed by atoms with Crippen molar-refractivity contribution in [1.29, 1.82) is 0 Å². The Bertz CT molecular complexity index is 165. The summed E-state index contributed by atoms with van der Waals surface area (Å²) in [5.41, 5.74) is 0. The van der Waals surface area contributed by atoms with Crippen LogP contribution in [0.5, 0.6) is 0 Å². The molecule has 4 heteroatoms. The summed E-state index contributed by atoms with van der Waals surface area (Å²) in [4.78, 5) is 21.0. The van der Waals surface area contributed by atoms with Gasteiger partial charge >= 0.3 is 5.97 Å². The first-order valence-electron chi connectivity index (χ1n) is 3.31. The lowest BCUT2D eigenvalue weighted by atomic mass is 10.2. The summed E-state index contributed by atoms with van der Waals surface area (Å²) in [6.07, 6.45) is 0. The van der Waals surface area contributed by atoms with Gasteiger partial charge in [-0.15, -0.1) is 0 Å². The smallest absolute Gasteiger partial charge is 0.326 e. The van der Waals surface area contributed by atoms with E-state index in [0.29, 0.717) is 0 Å². The molecule has 0 aromatic rings. The summed E-state index contributed by atoms with van der Waals surface area (Å²) in [5, 5.41) is 10.6. The second-order valence-corrected chi connectivity index (χ2v) is 2.55. The largest absolute Gasteiger partial charge is 0.480 e. The third-order valence-electron chi connectivity index (χ3n) is 1.14. The Labute approximate surface area is 65.6 Å². The van der Waals surface area contributed by atoms with Crippen LogP contribution in [0.1, 0.15) is 13.8 Å². The second kappa shape index (κ2) is 3.95. The van der Waals surface area contributed by atoms with E-state index in [0.717, 1.165) is 0 Å². The number of amides is 1. The number of nitrogens with one attached hydrogen (secondary N) is 1. The fraction of sp³-hybridized carbons (Fsp3) is 0.571. The predicted octanol–water partition coefficient (Wildman–Crippen LogP) is 0.0459. The SMILES string of the molecule is [CH2]C(NC(=O)C(C)C)C(=O)O. The van der Waals surface area contributed by atoms with Gasteiger partial charge in [0.15, 0.2) is 0 Å². The van der Waals surface area contributed by atoms with Crippen LogP contribution in [0.3, 0.4) is 0 Å². The van der Waals surface area contributed by atoms with Crippen LogP contribution in [0.2, 0.25) is 0 Å². The molecule has 0 aliphatic carbocycles. The lowest BCUT2D eigenvalue weighted by Gasteiger charge is -2.10. The molecule has 0 rings (SSSR count). The molecule has 63 valence electrons. The highest BCUT2D eigenvalue weighted by molar-refractivity contribution is 5.84. The molecule has 1 amide bonds.